The van der Waals surface area contributed by atoms with Crippen molar-refractivity contribution in [3.63, 3.8) is 0 Å². The van der Waals surface area contributed by atoms with Gasteiger partial charge in [-0.15, -0.1) is 0 Å². The highest BCUT2D eigenvalue weighted by Gasteiger charge is 2.42. The number of carbonyl (C=O) groups is 2. The van der Waals surface area contributed by atoms with Gasteiger partial charge in [0.05, 0.1) is 27.1 Å². The number of carboxylic acid groups (broad SMARTS) is 1. The maximum Gasteiger partial charge on any atom is 0.417 e. The minimum Gasteiger partial charge on any atom is -0.478 e. The van der Waals surface area contributed by atoms with Crippen molar-refractivity contribution in [3.8, 4) is 5.69 Å². The molecule has 1 amide bonds. The van der Waals surface area contributed by atoms with Gasteiger partial charge in [-0.3, -0.25) is 4.79 Å². The molecule has 1 atom stereocenters. The van der Waals surface area contributed by atoms with Crippen molar-refractivity contribution >= 4 is 33.3 Å². The number of alkyl halides is 3. The van der Waals surface area contributed by atoms with E-state index in [0.29, 0.717) is 23.9 Å². The zero-order valence-corrected chi connectivity index (χ0v) is 21.7. The molecule has 2 aromatic carbocycles. The van der Waals surface area contributed by atoms with E-state index in [1.165, 1.54) is 39.9 Å². The van der Waals surface area contributed by atoms with Crippen molar-refractivity contribution < 1.29 is 41.4 Å². The smallest absolute Gasteiger partial charge is 0.417 e. The first kappa shape index (κ1) is 27.2. The Bertz CT molecular complexity index is 1580. The highest BCUT2D eigenvalue weighted by Crippen LogP contribution is 2.43. The zero-order valence-electron chi connectivity index (χ0n) is 20.2. The van der Waals surface area contributed by atoms with Gasteiger partial charge in [-0.2, -0.15) is 13.2 Å². The monoisotopic (exact) mass is 582 g/mol. The van der Waals surface area contributed by atoms with Crippen LogP contribution in [0.15, 0.2) is 58.5 Å². The van der Waals surface area contributed by atoms with Gasteiger partial charge in [0.25, 0.3) is 0 Å². The minimum atomic E-state index is -5.00. The largest absolute Gasteiger partial charge is 0.478 e. The summed E-state index contributed by atoms with van der Waals surface area (Å²) in [5, 5.41) is 18.2. The second kappa shape index (κ2) is 9.68. The summed E-state index contributed by atoms with van der Waals surface area (Å²) < 4.78 is 70.9. The number of carboxylic acids is 1. The number of aliphatic hydroxyl groups excluding tert-OH is 1. The van der Waals surface area contributed by atoms with Crippen LogP contribution in [-0.4, -0.2) is 59.2 Å². The maximum absolute atomic E-state index is 13.9. The Morgan fingerprint density at radius 3 is 2.31 bits per heavy atom. The van der Waals surface area contributed by atoms with Gasteiger partial charge in [-0.25, -0.2) is 13.2 Å². The van der Waals surface area contributed by atoms with Gasteiger partial charge in [0.2, 0.25) is 15.7 Å². The summed E-state index contributed by atoms with van der Waals surface area (Å²) in [6.07, 6.45) is -3.86. The minimum absolute atomic E-state index is 0.000835. The Morgan fingerprint density at radius 1 is 1.05 bits per heavy atom. The van der Waals surface area contributed by atoms with E-state index in [2.05, 4.69) is 0 Å². The number of hydrogen-bond acceptors (Lipinski definition) is 5. The van der Waals surface area contributed by atoms with Gasteiger partial charge >= 0.3 is 12.1 Å². The maximum atomic E-state index is 13.9. The second-order valence-corrected chi connectivity index (χ2v) is 11.9. The fourth-order valence-corrected chi connectivity index (χ4v) is 7.42. The van der Waals surface area contributed by atoms with Crippen LogP contribution in [0, 0.1) is 5.92 Å². The Balaban J connectivity index is 1.66. The van der Waals surface area contributed by atoms with Crippen LogP contribution in [0.2, 0.25) is 5.02 Å². The third-order valence-electron chi connectivity index (χ3n) is 7.11. The van der Waals surface area contributed by atoms with Crippen molar-refractivity contribution in [2.75, 3.05) is 13.1 Å². The number of rotatable bonds is 5. The lowest BCUT2D eigenvalue weighted by Gasteiger charge is -2.39. The number of aromatic nitrogens is 1. The lowest BCUT2D eigenvalue weighted by Crippen LogP contribution is -2.55. The molecule has 13 heteroatoms. The van der Waals surface area contributed by atoms with E-state index in [4.69, 9.17) is 11.6 Å². The summed E-state index contributed by atoms with van der Waals surface area (Å²) in [5.41, 5.74) is -0.300. The number of hydrogen-bond donors (Lipinski definition) is 2. The summed E-state index contributed by atoms with van der Waals surface area (Å²) in [6, 6.07) is 8.33. The highest BCUT2D eigenvalue weighted by atomic mass is 35.5. The quantitative estimate of drug-likeness (QED) is 0.470. The number of nitrogens with zero attached hydrogens (tertiary/aromatic N) is 2. The Kier molecular flexibility index (Phi) is 6.76. The molecule has 5 rings (SSSR count). The summed E-state index contributed by atoms with van der Waals surface area (Å²) >= 11 is 6.06. The number of fused-ring (bicyclic) bond motifs is 1. The molecule has 3 aromatic rings. The number of β-amino-alcohol motifs (C(OH)–C–C–N with tert-alkyl or cyclic N) is 1. The Labute approximate surface area is 226 Å². The molecular weight excluding hydrogens is 561 g/mol. The summed E-state index contributed by atoms with van der Waals surface area (Å²) in [6.45, 7) is 0.331. The zero-order chi connectivity index (χ0) is 28.3. The van der Waals surface area contributed by atoms with E-state index in [-0.39, 0.29) is 43.0 Å². The molecule has 0 radical (unpaired) electrons. The SMILES string of the molecule is O=C(O)c1ccc(-n2cc(S(=O)(=O)c3c(Cl)cccc3C(F)(F)F)c3c2CCC(C(=O)N2CC(O)C2)C3)cc1. The first-order valence-corrected chi connectivity index (χ1v) is 13.8. The molecule has 2 aliphatic rings. The van der Waals surface area contributed by atoms with Crippen LogP contribution in [-0.2, 0) is 33.6 Å². The van der Waals surface area contributed by atoms with Crippen LogP contribution >= 0.6 is 11.6 Å². The van der Waals surface area contributed by atoms with Crippen LogP contribution in [0.5, 0.6) is 0 Å². The number of likely N-dealkylation sites (tertiary alicyclic amines) is 1. The summed E-state index contributed by atoms with van der Waals surface area (Å²) in [7, 11) is -4.84. The van der Waals surface area contributed by atoms with E-state index < -0.39 is 54.4 Å². The molecule has 8 nitrogen and oxygen atoms in total. The highest BCUT2D eigenvalue weighted by molar-refractivity contribution is 7.91. The van der Waals surface area contributed by atoms with E-state index >= 15 is 0 Å². The van der Waals surface area contributed by atoms with Crippen LogP contribution in [0.4, 0.5) is 13.2 Å². The van der Waals surface area contributed by atoms with Crippen LogP contribution in [0.3, 0.4) is 0 Å². The molecule has 0 spiro atoms. The van der Waals surface area contributed by atoms with Crippen LogP contribution in [0.25, 0.3) is 5.69 Å². The number of carbonyl (C=O) groups excluding carboxylic acids is 1. The molecule has 0 bridgehead atoms. The van der Waals surface area contributed by atoms with Crippen LogP contribution in [0.1, 0.15) is 33.6 Å². The molecule has 1 aliphatic heterocycles. The average molecular weight is 583 g/mol. The topological polar surface area (TPSA) is 117 Å². The predicted molar refractivity (Wildman–Crippen MR) is 133 cm³/mol. The van der Waals surface area contributed by atoms with Gasteiger partial charge in [0, 0.05) is 36.6 Å². The molecule has 206 valence electrons. The van der Waals surface area contributed by atoms with Crippen molar-refractivity contribution in [3.05, 3.63) is 76.1 Å². The van der Waals surface area contributed by atoms with E-state index in [1.807, 2.05) is 0 Å². The first-order chi connectivity index (χ1) is 18.3. The van der Waals surface area contributed by atoms with Gasteiger partial charge in [-0.1, -0.05) is 17.7 Å². The van der Waals surface area contributed by atoms with Gasteiger partial charge in [0.15, 0.2) is 0 Å². The molecule has 2 heterocycles. The molecule has 0 saturated carbocycles. The van der Waals surface area contributed by atoms with E-state index in [1.54, 1.807) is 0 Å². The average Bonchev–Trinajstić information content (AvgIpc) is 3.25. The molecule has 1 saturated heterocycles. The molecule has 1 aliphatic carbocycles. The van der Waals surface area contributed by atoms with E-state index in [9.17, 15) is 41.4 Å². The normalized spacial score (nSPS) is 18.0. The van der Waals surface area contributed by atoms with Crippen molar-refractivity contribution in [1.29, 1.82) is 0 Å². The van der Waals surface area contributed by atoms with Crippen LogP contribution < -0.4 is 0 Å². The lowest BCUT2D eigenvalue weighted by molar-refractivity contribution is -0.146. The number of halogens is 4. The van der Waals surface area contributed by atoms with Crippen molar-refractivity contribution in [2.24, 2.45) is 5.92 Å². The number of aliphatic hydroxyl groups is 1. The lowest BCUT2D eigenvalue weighted by atomic mass is 9.86. The number of benzene rings is 2. The molecule has 1 unspecified atom stereocenters. The molecule has 39 heavy (non-hydrogen) atoms. The van der Waals surface area contributed by atoms with Gasteiger partial charge in [-0.05, 0) is 61.2 Å². The van der Waals surface area contributed by atoms with Gasteiger partial charge < -0.3 is 19.7 Å². The first-order valence-electron chi connectivity index (χ1n) is 11.9. The van der Waals surface area contributed by atoms with E-state index in [0.717, 1.165) is 12.1 Å². The Hall–Kier alpha value is -3.35. The molecule has 1 aromatic heterocycles. The number of amides is 1. The third-order valence-corrected chi connectivity index (χ3v) is 9.44. The molecule has 1 fully saturated rings. The molecule has 2 N–H and O–H groups in total. The summed E-state index contributed by atoms with van der Waals surface area (Å²) in [5.74, 6) is -2.05. The molecular formula is C26H22ClF3N2O6S. The number of aromatic carboxylic acids is 1. The van der Waals surface area contributed by atoms with Crippen molar-refractivity contribution in [2.45, 2.75) is 41.3 Å². The fourth-order valence-electron chi connectivity index (χ4n) is 5.16. The fraction of sp³-hybridized carbons (Fsp3) is 0.308. The summed E-state index contributed by atoms with van der Waals surface area (Å²) in [4.78, 5) is 24.3. The third kappa shape index (κ3) is 4.81. The predicted octanol–water partition coefficient (Wildman–Crippen LogP) is 3.99. The second-order valence-electron chi connectivity index (χ2n) is 9.60. The van der Waals surface area contributed by atoms with Crippen molar-refractivity contribution in [1.82, 2.24) is 9.47 Å². The number of sulfone groups is 1. The standard InChI is InChI=1S/C26H22ClF3N2O6S/c27-20-3-1-2-19(26(28,29)30)23(20)39(37,38)22-13-32(16-7-4-14(5-8-16)25(35)36)21-9-6-15(10-18(21)22)24(34)31-11-17(33)12-31/h1-5,7-8,13,15,17,33H,6,9-12H2,(H,35,36). The Morgan fingerprint density at radius 2 is 1.72 bits per heavy atom. The van der Waals surface area contributed by atoms with Gasteiger partial charge in [0.1, 0.15) is 4.90 Å².